The van der Waals surface area contributed by atoms with E-state index in [1.807, 2.05) is 13.8 Å². The largest absolute Gasteiger partial charge is 0.412 e. The highest BCUT2D eigenvalue weighted by molar-refractivity contribution is 5.98. The number of nitrogens with two attached hydrogens (primary N) is 1. The Hall–Kier alpha value is 0.137. The van der Waals surface area contributed by atoms with Gasteiger partial charge in [0, 0.05) is 6.04 Å². The van der Waals surface area contributed by atoms with Gasteiger partial charge in [0.15, 0.2) is 0 Å². The lowest BCUT2D eigenvalue weighted by atomic mass is 9.96. The molecule has 3 radical (unpaired) electrons. The topological polar surface area (TPSA) is 35.2 Å². The second-order valence-corrected chi connectivity index (χ2v) is 3.30. The van der Waals surface area contributed by atoms with E-state index in [-0.39, 0.29) is 11.6 Å². The average molecular weight is 158 g/mol. The quantitative estimate of drug-likeness (QED) is 0.619. The summed E-state index contributed by atoms with van der Waals surface area (Å²) >= 11 is 0. The zero-order valence-electron chi connectivity index (χ0n) is 6.98. The minimum atomic E-state index is -0.257. The first-order valence-corrected chi connectivity index (χ1v) is 4.05. The highest BCUT2D eigenvalue weighted by atomic mass is 28.2. The van der Waals surface area contributed by atoms with E-state index in [0.717, 1.165) is 12.8 Å². The van der Waals surface area contributed by atoms with Gasteiger partial charge in [-0.3, -0.25) is 0 Å². The van der Waals surface area contributed by atoms with Gasteiger partial charge in [0.1, 0.15) is 0 Å². The van der Waals surface area contributed by atoms with Gasteiger partial charge >= 0.3 is 0 Å². The van der Waals surface area contributed by atoms with Crippen molar-refractivity contribution in [2.24, 2.45) is 5.73 Å². The second kappa shape index (κ2) is 4.11. The SMILES string of the molecule is CCCC(N)C(C)(C)O[Si]. The summed E-state index contributed by atoms with van der Waals surface area (Å²) in [5.41, 5.74) is 5.56. The fourth-order valence-electron chi connectivity index (χ4n) is 0.734. The van der Waals surface area contributed by atoms with Gasteiger partial charge in [-0.15, -0.1) is 0 Å². The predicted molar refractivity (Wildman–Crippen MR) is 43.8 cm³/mol. The molecular formula is C7H16NOSi. The fraction of sp³-hybridized carbons (Fsp3) is 1.00. The molecule has 59 valence electrons. The Balaban J connectivity index is 3.78. The molecule has 0 rings (SSSR count). The van der Waals surface area contributed by atoms with E-state index in [4.69, 9.17) is 10.2 Å². The van der Waals surface area contributed by atoms with Crippen LogP contribution in [0.1, 0.15) is 33.6 Å². The molecule has 0 aromatic heterocycles. The van der Waals surface area contributed by atoms with E-state index in [0.29, 0.717) is 0 Å². The normalized spacial score (nSPS) is 15.3. The lowest BCUT2D eigenvalue weighted by molar-refractivity contribution is 0.0874. The number of hydrogen-bond acceptors (Lipinski definition) is 2. The maximum Gasteiger partial charge on any atom is 0.247 e. The summed E-state index contributed by atoms with van der Waals surface area (Å²) in [4.78, 5) is 0. The van der Waals surface area contributed by atoms with Gasteiger partial charge in [0.05, 0.1) is 5.60 Å². The molecule has 1 unspecified atom stereocenters. The van der Waals surface area contributed by atoms with Crippen LogP contribution in [0.3, 0.4) is 0 Å². The third kappa shape index (κ3) is 2.81. The van der Waals surface area contributed by atoms with Crippen LogP contribution >= 0.6 is 0 Å². The summed E-state index contributed by atoms with van der Waals surface area (Å²) in [5, 5.41) is 0. The van der Waals surface area contributed by atoms with E-state index in [9.17, 15) is 0 Å². The van der Waals surface area contributed by atoms with E-state index in [1.54, 1.807) is 0 Å². The minimum Gasteiger partial charge on any atom is -0.412 e. The minimum absolute atomic E-state index is 0.106. The van der Waals surface area contributed by atoms with Crippen molar-refractivity contribution in [1.82, 2.24) is 0 Å². The summed E-state index contributed by atoms with van der Waals surface area (Å²) in [5.74, 6) is 0. The van der Waals surface area contributed by atoms with Crippen LogP contribution in [0.25, 0.3) is 0 Å². The van der Waals surface area contributed by atoms with Crippen molar-refractivity contribution in [3.8, 4) is 0 Å². The number of rotatable bonds is 4. The lowest BCUT2D eigenvalue weighted by Crippen LogP contribution is -2.44. The van der Waals surface area contributed by atoms with Crippen molar-refractivity contribution in [2.75, 3.05) is 0 Å². The van der Waals surface area contributed by atoms with Gasteiger partial charge in [-0.1, -0.05) is 13.3 Å². The first-order chi connectivity index (χ1) is 4.54. The van der Waals surface area contributed by atoms with Crippen LogP contribution in [0, 0.1) is 0 Å². The highest BCUT2D eigenvalue weighted by Crippen LogP contribution is 2.14. The first kappa shape index (κ1) is 10.1. The fourth-order valence-corrected chi connectivity index (χ4v) is 0.886. The molecule has 0 bridgehead atoms. The molecule has 0 spiro atoms. The summed E-state index contributed by atoms with van der Waals surface area (Å²) in [6.07, 6.45) is 2.09. The lowest BCUT2D eigenvalue weighted by Gasteiger charge is -2.30. The first-order valence-electron chi connectivity index (χ1n) is 3.65. The summed E-state index contributed by atoms with van der Waals surface area (Å²) in [6, 6.07) is 0.106. The molecule has 0 fully saturated rings. The van der Waals surface area contributed by atoms with Crippen LogP contribution < -0.4 is 5.73 Å². The molecule has 0 aliphatic carbocycles. The van der Waals surface area contributed by atoms with Gasteiger partial charge in [0.25, 0.3) is 0 Å². The molecule has 10 heavy (non-hydrogen) atoms. The van der Waals surface area contributed by atoms with Crippen molar-refractivity contribution in [1.29, 1.82) is 0 Å². The van der Waals surface area contributed by atoms with Gasteiger partial charge in [-0.25, -0.2) is 0 Å². The zero-order valence-corrected chi connectivity index (χ0v) is 7.98. The Labute approximate surface area is 66.7 Å². The molecule has 3 heteroatoms. The molecule has 0 amide bonds. The van der Waals surface area contributed by atoms with Gasteiger partial charge < -0.3 is 10.2 Å². The molecule has 0 aromatic carbocycles. The Kier molecular flexibility index (Phi) is 4.16. The van der Waals surface area contributed by atoms with Crippen LogP contribution in [-0.2, 0) is 4.43 Å². The standard InChI is InChI=1S/C7H16NOSi/c1-4-5-6(8)7(2,3)9-10/h6H,4-5,8H2,1-3H3. The molecule has 2 nitrogen and oxygen atoms in total. The second-order valence-electron chi connectivity index (χ2n) is 3.10. The van der Waals surface area contributed by atoms with Crippen LogP contribution in [0.15, 0.2) is 0 Å². The Morgan fingerprint density at radius 2 is 2.10 bits per heavy atom. The molecule has 0 aromatic rings. The van der Waals surface area contributed by atoms with Gasteiger partial charge in [-0.05, 0) is 20.3 Å². The third-order valence-corrected chi connectivity index (χ3v) is 2.28. The maximum absolute atomic E-state index is 5.82. The molecule has 0 aliphatic rings. The van der Waals surface area contributed by atoms with Gasteiger partial charge in [-0.2, -0.15) is 0 Å². The molecular weight excluding hydrogens is 142 g/mol. The monoisotopic (exact) mass is 158 g/mol. The van der Waals surface area contributed by atoms with Gasteiger partial charge in [0.2, 0.25) is 10.5 Å². The molecule has 0 heterocycles. The highest BCUT2D eigenvalue weighted by Gasteiger charge is 2.23. The Morgan fingerprint density at radius 3 is 2.40 bits per heavy atom. The van der Waals surface area contributed by atoms with Crippen molar-refractivity contribution in [3.05, 3.63) is 0 Å². The van der Waals surface area contributed by atoms with Crippen LogP contribution in [-0.4, -0.2) is 22.1 Å². The van der Waals surface area contributed by atoms with Crippen molar-refractivity contribution in [3.63, 3.8) is 0 Å². The van der Waals surface area contributed by atoms with E-state index in [2.05, 4.69) is 17.4 Å². The van der Waals surface area contributed by atoms with Crippen molar-refractivity contribution in [2.45, 2.75) is 45.3 Å². The van der Waals surface area contributed by atoms with Crippen LogP contribution in [0.5, 0.6) is 0 Å². The summed E-state index contributed by atoms with van der Waals surface area (Å²) < 4.78 is 5.03. The molecule has 0 saturated carbocycles. The summed E-state index contributed by atoms with van der Waals surface area (Å²) in [7, 11) is 3.01. The van der Waals surface area contributed by atoms with Crippen LogP contribution in [0.2, 0.25) is 0 Å². The van der Waals surface area contributed by atoms with E-state index in [1.165, 1.54) is 0 Å². The predicted octanol–water partition coefficient (Wildman–Crippen LogP) is 0.993. The number of hydrogen-bond donors (Lipinski definition) is 1. The summed E-state index contributed by atoms with van der Waals surface area (Å²) in [6.45, 7) is 6.06. The smallest absolute Gasteiger partial charge is 0.247 e. The van der Waals surface area contributed by atoms with Crippen LogP contribution in [0.4, 0.5) is 0 Å². The maximum atomic E-state index is 5.82. The zero-order chi connectivity index (χ0) is 8.20. The molecule has 0 aliphatic heterocycles. The van der Waals surface area contributed by atoms with E-state index >= 15 is 0 Å². The Bertz CT molecular complexity index is 95.6. The Morgan fingerprint density at radius 1 is 1.60 bits per heavy atom. The molecule has 2 N–H and O–H groups in total. The average Bonchev–Trinajstić information content (AvgIpc) is 1.89. The van der Waals surface area contributed by atoms with E-state index < -0.39 is 0 Å². The molecule has 1 atom stereocenters. The van der Waals surface area contributed by atoms with Crippen molar-refractivity contribution < 1.29 is 4.43 Å². The molecule has 0 saturated heterocycles. The third-order valence-electron chi connectivity index (χ3n) is 1.76. The van der Waals surface area contributed by atoms with Crippen molar-refractivity contribution >= 4 is 10.5 Å².